The lowest BCUT2D eigenvalue weighted by Crippen LogP contribution is -2.36. The Kier molecular flexibility index (Phi) is 67.5. The van der Waals surface area contributed by atoms with Gasteiger partial charge in [-0.2, -0.15) is 0 Å². The number of rotatable bonds is 54. The van der Waals surface area contributed by atoms with Gasteiger partial charge in [0, 0.05) is 33.4 Å². The van der Waals surface area contributed by atoms with E-state index in [1.54, 1.807) is 7.11 Å². The maximum Gasteiger partial charge on any atom is 0.217 e. The molecule has 4 aliphatic rings. The fraction of sp³-hybridized carbons (Fsp3) is 0.563. The van der Waals surface area contributed by atoms with Gasteiger partial charge in [-0.05, 0) is 377 Å². The summed E-state index contributed by atoms with van der Waals surface area (Å²) in [6.45, 7) is 25.2. The molecule has 786 valence electrons. The van der Waals surface area contributed by atoms with E-state index in [1.807, 2.05) is 103 Å². The van der Waals surface area contributed by atoms with Crippen LogP contribution >= 0.6 is 0 Å². The maximum absolute atomic E-state index is 10.6. The van der Waals surface area contributed by atoms with E-state index >= 15 is 0 Å². The molecule has 0 aromatic heterocycles. The molecular weight excluding hydrogens is 1770 g/mol. The summed E-state index contributed by atoms with van der Waals surface area (Å²) in [4.78, 5) is 10.6. The zero-order valence-electron chi connectivity index (χ0n) is 89.2. The van der Waals surface area contributed by atoms with Crippen LogP contribution in [0.25, 0.3) is 0 Å². The molecule has 16 heteroatoms. The van der Waals surface area contributed by atoms with E-state index in [2.05, 4.69) is 177 Å². The van der Waals surface area contributed by atoms with Gasteiger partial charge in [0.05, 0.1) is 76.8 Å². The molecule has 9 aromatic rings. The van der Waals surface area contributed by atoms with Crippen molar-refractivity contribution in [3.63, 3.8) is 0 Å². The molecule has 9 aromatic carbocycles. The lowest BCUT2D eigenvalue weighted by molar-refractivity contribution is -0.118. The fourth-order valence-electron chi connectivity index (χ4n) is 17.5. The third-order valence-electron chi connectivity index (χ3n) is 25.9. The summed E-state index contributed by atoms with van der Waals surface area (Å²) in [6.07, 6.45) is 50.1. The zero-order valence-corrected chi connectivity index (χ0v) is 89.2. The number of aliphatic hydroxyl groups excluding tert-OH is 3. The van der Waals surface area contributed by atoms with Gasteiger partial charge in [-0.15, -0.1) is 0 Å². The van der Waals surface area contributed by atoms with Crippen molar-refractivity contribution in [2.45, 2.75) is 368 Å². The second kappa shape index (κ2) is 79.0. The molecule has 16 nitrogen and oxygen atoms in total. The molecule has 3 aliphatic carbocycles. The van der Waals surface area contributed by atoms with Crippen LogP contribution in [-0.4, -0.2) is 124 Å². The van der Waals surface area contributed by atoms with Crippen molar-refractivity contribution < 1.29 is 72.6 Å². The van der Waals surface area contributed by atoms with Gasteiger partial charge < -0.3 is 73.5 Å². The predicted molar refractivity (Wildman–Crippen MR) is 589 cm³/mol. The number of hydrogen-bond acceptors (Lipinski definition) is 15. The molecule has 3 saturated carbocycles. The smallest absolute Gasteiger partial charge is 0.217 e. The molecule has 4 unspecified atom stereocenters. The first-order chi connectivity index (χ1) is 69.5. The Balaban J connectivity index is 0.000000249. The largest absolute Gasteiger partial charge is 0.494 e. The molecule has 4 fully saturated rings. The van der Waals surface area contributed by atoms with Crippen LogP contribution in [-0.2, 0) is 65.6 Å². The van der Waals surface area contributed by atoms with E-state index in [-0.39, 0.29) is 24.2 Å². The highest BCUT2D eigenvalue weighted by Crippen LogP contribution is 2.37. The molecule has 6 N–H and O–H groups in total. The third-order valence-corrected chi connectivity index (χ3v) is 25.9. The van der Waals surface area contributed by atoms with Crippen LogP contribution in [0.15, 0.2) is 224 Å². The summed E-state index contributed by atoms with van der Waals surface area (Å²) < 4.78 is 55.8. The first-order valence-electron chi connectivity index (χ1n) is 55.4. The number of benzene rings is 9. The Morgan fingerprint density at radius 1 is 0.359 bits per heavy atom. The average molecular weight is 1960 g/mol. The quantitative estimate of drug-likeness (QED) is 0.0224. The number of carbonyl (C=O) groups is 1. The fourth-order valence-corrected chi connectivity index (χ4v) is 17.5. The number of nitrogens with two attached hydrogens (primary N) is 1. The Morgan fingerprint density at radius 3 is 1.06 bits per heavy atom. The number of ether oxygens (including phenoxy) is 10. The van der Waals surface area contributed by atoms with Crippen LogP contribution in [0.2, 0.25) is 0 Å². The second-order valence-corrected chi connectivity index (χ2v) is 38.7. The van der Waals surface area contributed by atoms with Crippen molar-refractivity contribution in [3.05, 3.63) is 275 Å². The van der Waals surface area contributed by atoms with Gasteiger partial charge in [-0.25, -0.2) is 0 Å². The van der Waals surface area contributed by atoms with Gasteiger partial charge in [0.1, 0.15) is 46.0 Å². The lowest BCUT2D eigenvalue weighted by atomic mass is 9.76. The maximum atomic E-state index is 10.6. The van der Waals surface area contributed by atoms with E-state index in [0.29, 0.717) is 18.4 Å². The number of hydrogen-bond donors (Lipinski definition) is 5. The van der Waals surface area contributed by atoms with Crippen molar-refractivity contribution in [3.8, 4) is 46.0 Å². The molecule has 1 heterocycles. The molecule has 0 spiro atoms. The number of primary amides is 1. The number of aliphatic hydroxyl groups is 4. The number of methoxy groups -OCH3 is 1. The number of amides is 1. The standard InChI is InChI=1S/C19H30O.C18H22O2.C17H26O2.C16H24O2.C15H22O2.C15H24O2.C14H21NO2.C12H18O2/c1-2-15-20-19-12-8-11-18(16-19)14-13-17-9-6-4-3-5-7-10-17;1-2-13-20-17-10-6-7-15(14-17)11-12-18(19)16-8-4-3-5-9-16;1-2-12-19-16-8-5-6-14(13-16)10-11-15-7-3-4-9-17(15)18;1-2-11-17-16-8-5-6-14(13-16)9-10-15-7-3-4-12-18-15;1-2-11-17-14-6-3-5-13(12-14)7-10-15(16)8-4-9-15;1-3-11-17-15-10-7-9-14(13-15)8-5-4-6-12-16-2;1-2-10-17-13-8-5-7-12(11-13)6-3-4-9-14(15)16;1-2-9-14-12-7-3-5-11(10-12)6-4-8-13/h8,11-12,16-17H,2-7,9-10,13-15H2,1H3;3-10,14,18-19H,2,11-13H2,1H3;5-6,8,13,15,17-18H,2-4,7,9-12H2,1H3;5-6,8,13,15H,2-4,7,9-12H2,1H3;3,5-6,12,16H,2,4,7-11H2,1H3;7,9-10,13H,3-6,8,11-12H2,1-2H3;5,7-8,11H,2-4,6,9-10H2,1H3,(H2,15,16);3,5,7,10,13H,2,4,6,8-9H2,1H3. The van der Waals surface area contributed by atoms with Crippen LogP contribution in [0.4, 0.5) is 0 Å². The van der Waals surface area contributed by atoms with Crippen LogP contribution in [0, 0.1) is 11.8 Å². The molecule has 1 saturated heterocycles. The van der Waals surface area contributed by atoms with Crippen molar-refractivity contribution in [1.29, 1.82) is 0 Å². The summed E-state index contributed by atoms with van der Waals surface area (Å²) in [5.74, 6) is 8.98. The SMILES string of the molecule is CCCOc1cccc(CCC(O)c2ccccc2)c1.CCCOc1cccc(CCC2(O)CCC2)c1.CCCOc1cccc(CCC2CCCCC2O)c1.CCCOc1cccc(CCC2CCCCCCC2)c1.CCCOc1cccc(CCC2CCCCO2)c1.CCCOc1cccc(CCCCC(N)=O)c1.CCCOc1cccc(CCCCCOC)c1.CCCOc1cccc(CCCO)c1. The highest BCUT2D eigenvalue weighted by Gasteiger charge is 2.34. The molecule has 4 atom stereocenters. The summed E-state index contributed by atoms with van der Waals surface area (Å²) in [5, 5.41) is 38.9. The van der Waals surface area contributed by atoms with Gasteiger partial charge in [-0.3, -0.25) is 4.79 Å². The van der Waals surface area contributed by atoms with E-state index in [1.165, 1.54) is 160 Å². The van der Waals surface area contributed by atoms with Crippen molar-refractivity contribution in [2.24, 2.45) is 17.6 Å². The third kappa shape index (κ3) is 57.3. The molecule has 142 heavy (non-hydrogen) atoms. The Bertz CT molecular complexity index is 4540. The van der Waals surface area contributed by atoms with Crippen molar-refractivity contribution >= 4 is 5.91 Å². The summed E-state index contributed by atoms with van der Waals surface area (Å²) in [6, 6.07) is 76.4. The monoisotopic (exact) mass is 1950 g/mol. The summed E-state index contributed by atoms with van der Waals surface area (Å²) >= 11 is 0. The summed E-state index contributed by atoms with van der Waals surface area (Å²) in [7, 11) is 1.76. The first kappa shape index (κ1) is 121. The van der Waals surface area contributed by atoms with Crippen LogP contribution < -0.4 is 43.6 Å². The Hall–Kier alpha value is -9.39. The summed E-state index contributed by atoms with van der Waals surface area (Å²) in [5.41, 5.74) is 16.1. The number of aryl methyl sites for hydroxylation is 8. The molecule has 13 rings (SSSR count). The van der Waals surface area contributed by atoms with E-state index < -0.39 is 6.10 Å². The lowest BCUT2D eigenvalue weighted by Gasteiger charge is -2.36. The molecule has 1 aliphatic heterocycles. The van der Waals surface area contributed by atoms with Gasteiger partial charge in [0.25, 0.3) is 0 Å². The highest BCUT2D eigenvalue weighted by molar-refractivity contribution is 5.73. The first-order valence-corrected chi connectivity index (χ1v) is 55.4. The normalized spacial score (nSPS) is 15.3. The van der Waals surface area contributed by atoms with Gasteiger partial charge in [-0.1, -0.05) is 247 Å². The molecule has 0 bridgehead atoms. The predicted octanol–water partition coefficient (Wildman–Crippen LogP) is 30.1. The van der Waals surface area contributed by atoms with Gasteiger partial charge >= 0.3 is 0 Å². The van der Waals surface area contributed by atoms with Crippen LogP contribution in [0.1, 0.15) is 349 Å². The molecule has 1 amide bonds. The number of unbranched alkanes of at least 4 members (excludes halogenated alkanes) is 3. The van der Waals surface area contributed by atoms with Crippen LogP contribution in [0.3, 0.4) is 0 Å². The van der Waals surface area contributed by atoms with Crippen molar-refractivity contribution in [1.82, 2.24) is 0 Å². The minimum atomic E-state index is -0.406. The number of carbonyl (C=O) groups excluding carboxylic acids is 1. The van der Waals surface area contributed by atoms with E-state index in [4.69, 9.17) is 58.2 Å². The molecular formula is C126H187NO15. The average Bonchev–Trinajstić information content (AvgIpc) is 0.835. The Labute approximate surface area is 859 Å². The molecule has 0 radical (unpaired) electrons. The minimum absolute atomic E-state index is 0.0757. The highest BCUT2D eigenvalue weighted by atomic mass is 16.5. The Morgan fingerprint density at radius 2 is 0.704 bits per heavy atom. The zero-order chi connectivity index (χ0) is 102. The van der Waals surface area contributed by atoms with E-state index in [9.17, 15) is 20.1 Å². The van der Waals surface area contributed by atoms with Crippen LogP contribution in [0.5, 0.6) is 46.0 Å². The van der Waals surface area contributed by atoms with Gasteiger partial charge in [0.15, 0.2) is 0 Å². The topological polar surface area (TPSA) is 216 Å². The second-order valence-electron chi connectivity index (χ2n) is 38.7. The van der Waals surface area contributed by atoms with Crippen molar-refractivity contribution in [2.75, 3.05) is 79.8 Å². The van der Waals surface area contributed by atoms with E-state index in [0.717, 1.165) is 290 Å². The van der Waals surface area contributed by atoms with Gasteiger partial charge in [0.2, 0.25) is 5.91 Å². The minimum Gasteiger partial charge on any atom is -0.494 e.